The average molecular weight is 897 g/mol. The van der Waals surface area contributed by atoms with Gasteiger partial charge in [-0.2, -0.15) is 0 Å². The first kappa shape index (κ1) is 61.0. The number of nitrogens with one attached hydrogen (secondary N) is 1. The van der Waals surface area contributed by atoms with Gasteiger partial charge < -0.3 is 28.8 Å². The van der Waals surface area contributed by atoms with Gasteiger partial charge in [-0.3, -0.25) is 9.36 Å². The van der Waals surface area contributed by atoms with Gasteiger partial charge in [0.05, 0.1) is 39.9 Å². The Balaban J connectivity index is 3.83. The van der Waals surface area contributed by atoms with Gasteiger partial charge in [0.15, 0.2) is 0 Å². The second-order valence-electron chi connectivity index (χ2n) is 19.6. The van der Waals surface area contributed by atoms with Crippen LogP contribution >= 0.6 is 7.82 Å². The summed E-state index contributed by atoms with van der Waals surface area (Å²) in [6.07, 6.45) is 55.3. The van der Waals surface area contributed by atoms with E-state index in [0.29, 0.717) is 23.9 Å². The molecule has 0 saturated heterocycles. The van der Waals surface area contributed by atoms with Crippen LogP contribution in [0.5, 0.6) is 0 Å². The number of phosphoric acid groups is 1. The first-order valence-electron chi connectivity index (χ1n) is 26.7. The lowest BCUT2D eigenvalue weighted by Crippen LogP contribution is -2.46. The first-order valence-corrected chi connectivity index (χ1v) is 28.1. The molecule has 3 unspecified atom stereocenters. The maximum Gasteiger partial charge on any atom is 0.268 e. The van der Waals surface area contributed by atoms with Gasteiger partial charge in [0.1, 0.15) is 13.2 Å². The Labute approximate surface area is 385 Å². The molecule has 0 heterocycles. The van der Waals surface area contributed by atoms with E-state index < -0.39 is 20.0 Å². The van der Waals surface area contributed by atoms with Crippen molar-refractivity contribution in [2.45, 2.75) is 270 Å². The van der Waals surface area contributed by atoms with Crippen molar-refractivity contribution in [2.75, 3.05) is 40.9 Å². The molecule has 2 N–H and O–H groups in total. The summed E-state index contributed by atoms with van der Waals surface area (Å²) in [5.74, 6) is -0.165. The molecule has 9 heteroatoms. The summed E-state index contributed by atoms with van der Waals surface area (Å²) in [4.78, 5) is 25.3. The van der Waals surface area contributed by atoms with E-state index in [-0.39, 0.29) is 19.1 Å². The van der Waals surface area contributed by atoms with Crippen molar-refractivity contribution >= 4 is 13.7 Å². The molecule has 0 aromatic heterocycles. The van der Waals surface area contributed by atoms with E-state index in [2.05, 4.69) is 43.5 Å². The number of rotatable bonds is 49. The lowest BCUT2D eigenvalue weighted by atomic mass is 10.0. The number of carbonyl (C=O) groups excluding carboxylic acids is 1. The Morgan fingerprint density at radius 2 is 0.935 bits per heavy atom. The number of carbonyl (C=O) groups is 1. The number of amides is 1. The molecule has 0 aromatic rings. The van der Waals surface area contributed by atoms with Crippen molar-refractivity contribution in [1.82, 2.24) is 5.32 Å². The van der Waals surface area contributed by atoms with Crippen LogP contribution in [0.3, 0.4) is 0 Å². The number of hydrogen-bond donors (Lipinski definition) is 2. The molecule has 368 valence electrons. The van der Waals surface area contributed by atoms with E-state index in [9.17, 15) is 19.4 Å². The molecule has 0 aliphatic heterocycles. The van der Waals surface area contributed by atoms with Crippen LogP contribution in [-0.4, -0.2) is 68.5 Å². The highest BCUT2D eigenvalue weighted by molar-refractivity contribution is 7.45. The molecule has 0 aromatic carbocycles. The van der Waals surface area contributed by atoms with Gasteiger partial charge in [-0.05, 0) is 44.9 Å². The molecule has 62 heavy (non-hydrogen) atoms. The Bertz CT molecular complexity index is 1060. The fourth-order valence-electron chi connectivity index (χ4n) is 7.95. The third kappa shape index (κ3) is 47.0. The summed E-state index contributed by atoms with van der Waals surface area (Å²) < 4.78 is 23.2. The molecule has 0 bridgehead atoms. The van der Waals surface area contributed by atoms with Crippen LogP contribution in [0, 0.1) is 0 Å². The average Bonchev–Trinajstić information content (AvgIpc) is 3.23. The molecule has 0 aliphatic rings. The number of aliphatic hydroxyl groups excluding tert-OH is 1. The molecular weight excluding hydrogens is 792 g/mol. The number of aliphatic hydroxyl groups is 1. The van der Waals surface area contributed by atoms with E-state index in [1.807, 2.05) is 21.1 Å². The van der Waals surface area contributed by atoms with Crippen LogP contribution in [0.15, 0.2) is 24.3 Å². The van der Waals surface area contributed by atoms with Crippen LogP contribution < -0.4 is 10.2 Å². The van der Waals surface area contributed by atoms with Crippen molar-refractivity contribution in [3.8, 4) is 0 Å². The van der Waals surface area contributed by atoms with Gasteiger partial charge in [0.2, 0.25) is 5.91 Å². The molecule has 0 aliphatic carbocycles. The molecule has 3 atom stereocenters. The zero-order valence-corrected chi connectivity index (χ0v) is 42.7. The zero-order chi connectivity index (χ0) is 45.7. The topological polar surface area (TPSA) is 108 Å². The van der Waals surface area contributed by atoms with Gasteiger partial charge in [-0.25, -0.2) is 0 Å². The summed E-state index contributed by atoms with van der Waals surface area (Å²) in [5.41, 5.74) is 0. The summed E-state index contributed by atoms with van der Waals surface area (Å²) in [7, 11) is 1.31. The lowest BCUT2D eigenvalue weighted by molar-refractivity contribution is -0.870. The number of hydrogen-bond acceptors (Lipinski definition) is 6. The molecular formula is C53H105N2O6P. The Morgan fingerprint density at radius 1 is 0.565 bits per heavy atom. The monoisotopic (exact) mass is 897 g/mol. The van der Waals surface area contributed by atoms with Crippen molar-refractivity contribution in [2.24, 2.45) is 0 Å². The molecule has 0 radical (unpaired) electrons. The highest BCUT2D eigenvalue weighted by atomic mass is 31.2. The lowest BCUT2D eigenvalue weighted by Gasteiger charge is -2.30. The van der Waals surface area contributed by atoms with Gasteiger partial charge in [-0.1, -0.05) is 231 Å². The predicted octanol–water partition coefficient (Wildman–Crippen LogP) is 15.0. The van der Waals surface area contributed by atoms with Crippen molar-refractivity contribution in [3.05, 3.63) is 24.3 Å². The van der Waals surface area contributed by atoms with Gasteiger partial charge >= 0.3 is 0 Å². The summed E-state index contributed by atoms with van der Waals surface area (Å²) in [6.45, 7) is 4.67. The third-order valence-electron chi connectivity index (χ3n) is 12.2. The summed E-state index contributed by atoms with van der Waals surface area (Å²) in [5, 5.41) is 13.8. The molecule has 1 amide bonds. The quantitative estimate of drug-likeness (QED) is 0.0273. The molecule has 8 nitrogen and oxygen atoms in total. The maximum atomic E-state index is 12.9. The summed E-state index contributed by atoms with van der Waals surface area (Å²) >= 11 is 0. The standard InChI is InChI=1S/C53H105N2O6P/c1-6-8-10-12-14-15-16-17-18-19-20-21-22-23-24-25-26-27-28-29-30-31-32-33-34-35-36-37-38-39-41-43-45-47-53(57)54-51(52(56)46-44-42-40-13-11-9-7-2)50-61-62(58,59)60-49-48-55(3,4)5/h16-17,19-20,51-52,56H,6-15,18,21-50H2,1-5H3,(H-,54,57,58,59)/b17-16-,20-19-. The number of nitrogens with zero attached hydrogens (tertiary/aromatic N) is 1. The van der Waals surface area contributed by atoms with Crippen LogP contribution in [0.25, 0.3) is 0 Å². The second-order valence-corrected chi connectivity index (χ2v) is 21.0. The van der Waals surface area contributed by atoms with Crippen LogP contribution in [0.1, 0.15) is 258 Å². The van der Waals surface area contributed by atoms with E-state index in [4.69, 9.17) is 9.05 Å². The zero-order valence-electron chi connectivity index (χ0n) is 41.8. The summed E-state index contributed by atoms with van der Waals surface area (Å²) in [6, 6.07) is -0.794. The minimum atomic E-state index is -4.55. The molecule has 0 fully saturated rings. The second kappa shape index (κ2) is 45.1. The fraction of sp³-hybridized carbons (Fsp3) is 0.906. The number of allylic oxidation sites excluding steroid dienone is 4. The minimum absolute atomic E-state index is 0.0138. The SMILES string of the molecule is CCCCCCC/C=C\C/C=C\CCCCCCCCCCCCCCCCCCCCCCCC(=O)NC(COP(=O)([O-])OCC[N+](C)(C)C)C(O)CCCCCCCCC. The minimum Gasteiger partial charge on any atom is -0.756 e. The first-order chi connectivity index (χ1) is 30.0. The fourth-order valence-corrected chi connectivity index (χ4v) is 8.68. The van der Waals surface area contributed by atoms with E-state index in [1.54, 1.807) is 0 Å². The van der Waals surface area contributed by atoms with E-state index >= 15 is 0 Å². The third-order valence-corrected chi connectivity index (χ3v) is 13.2. The number of unbranched alkanes of at least 4 members (excludes halogenated alkanes) is 32. The number of quaternary nitrogens is 1. The predicted molar refractivity (Wildman–Crippen MR) is 265 cm³/mol. The van der Waals surface area contributed by atoms with Crippen LogP contribution in [0.2, 0.25) is 0 Å². The smallest absolute Gasteiger partial charge is 0.268 e. The van der Waals surface area contributed by atoms with Crippen molar-refractivity contribution in [3.63, 3.8) is 0 Å². The number of likely N-dealkylation sites (N-methyl/N-ethyl adjacent to an activating group) is 1. The maximum absolute atomic E-state index is 12.9. The highest BCUT2D eigenvalue weighted by Crippen LogP contribution is 2.38. The Morgan fingerprint density at radius 3 is 1.34 bits per heavy atom. The molecule has 0 saturated carbocycles. The Hall–Kier alpha value is -1.02. The van der Waals surface area contributed by atoms with Crippen molar-refractivity contribution < 1.29 is 32.9 Å². The van der Waals surface area contributed by atoms with Crippen LogP contribution in [-0.2, 0) is 18.4 Å². The van der Waals surface area contributed by atoms with Crippen molar-refractivity contribution in [1.29, 1.82) is 0 Å². The van der Waals surface area contributed by atoms with Crippen LogP contribution in [0.4, 0.5) is 0 Å². The largest absolute Gasteiger partial charge is 0.756 e. The van der Waals surface area contributed by atoms with Gasteiger partial charge in [-0.15, -0.1) is 0 Å². The normalized spacial score (nSPS) is 14.2. The van der Waals surface area contributed by atoms with Gasteiger partial charge in [0, 0.05) is 6.42 Å². The van der Waals surface area contributed by atoms with Gasteiger partial charge in [0.25, 0.3) is 7.82 Å². The number of phosphoric ester groups is 1. The van der Waals surface area contributed by atoms with E-state index in [0.717, 1.165) is 44.9 Å². The Kier molecular flexibility index (Phi) is 44.4. The van der Waals surface area contributed by atoms with E-state index in [1.165, 1.54) is 186 Å². The molecule has 0 rings (SSSR count). The highest BCUT2D eigenvalue weighted by Gasteiger charge is 2.24. The molecule has 0 spiro atoms.